The molecular formula is C20H34F3N3O3. The van der Waals surface area contributed by atoms with Gasteiger partial charge in [0.25, 0.3) is 5.91 Å². The first-order valence-electron chi connectivity index (χ1n) is 9.99. The second kappa shape index (κ2) is 15.2. The van der Waals surface area contributed by atoms with Gasteiger partial charge < -0.3 is 19.7 Å². The number of hydrogen-bond acceptors (Lipinski definition) is 5. The Kier molecular flexibility index (Phi) is 14.3. The van der Waals surface area contributed by atoms with Crippen LogP contribution in [-0.4, -0.2) is 61.5 Å². The van der Waals surface area contributed by atoms with Gasteiger partial charge in [-0.3, -0.25) is 9.78 Å². The fraction of sp³-hybridized carbons (Fsp3) is 0.700. The third-order valence-electron chi connectivity index (χ3n) is 4.08. The van der Waals surface area contributed by atoms with Gasteiger partial charge in [-0.05, 0) is 39.5 Å². The molecule has 0 aliphatic carbocycles. The van der Waals surface area contributed by atoms with Crippen LogP contribution in [-0.2, 0) is 15.7 Å². The van der Waals surface area contributed by atoms with Crippen molar-refractivity contribution < 1.29 is 27.4 Å². The molecule has 1 aromatic rings. The van der Waals surface area contributed by atoms with Crippen LogP contribution in [0.25, 0.3) is 0 Å². The van der Waals surface area contributed by atoms with Gasteiger partial charge in [0.05, 0.1) is 11.1 Å². The number of alkyl halides is 3. The van der Waals surface area contributed by atoms with Gasteiger partial charge in [-0.25, -0.2) is 0 Å². The number of pyridine rings is 1. The lowest BCUT2D eigenvalue weighted by molar-refractivity contribution is -0.139. The lowest BCUT2D eigenvalue weighted by Gasteiger charge is -2.17. The molecule has 1 heterocycles. The van der Waals surface area contributed by atoms with Crippen LogP contribution in [0.3, 0.4) is 0 Å². The zero-order valence-electron chi connectivity index (χ0n) is 18.0. The molecule has 0 radical (unpaired) electrons. The van der Waals surface area contributed by atoms with Crippen molar-refractivity contribution in [3.63, 3.8) is 0 Å². The Morgan fingerprint density at radius 1 is 1.10 bits per heavy atom. The number of nitrogens with zero attached hydrogens (tertiary/aromatic N) is 2. The predicted molar refractivity (Wildman–Crippen MR) is 107 cm³/mol. The van der Waals surface area contributed by atoms with Crippen LogP contribution in [0.4, 0.5) is 13.2 Å². The average molecular weight is 422 g/mol. The van der Waals surface area contributed by atoms with E-state index in [4.69, 9.17) is 9.47 Å². The number of halogens is 3. The van der Waals surface area contributed by atoms with Crippen molar-refractivity contribution >= 4 is 5.91 Å². The van der Waals surface area contributed by atoms with Crippen LogP contribution in [0, 0.1) is 0 Å². The molecule has 1 aromatic heterocycles. The summed E-state index contributed by atoms with van der Waals surface area (Å²) in [5.74, 6) is -0.827. The number of hydrogen-bond donors (Lipinski definition) is 1. The number of amides is 1. The number of ether oxygens (including phenoxy) is 2. The van der Waals surface area contributed by atoms with Crippen LogP contribution in [0.15, 0.2) is 18.5 Å². The van der Waals surface area contributed by atoms with Gasteiger partial charge in [0.2, 0.25) is 0 Å². The van der Waals surface area contributed by atoms with Crippen LogP contribution in [0.2, 0.25) is 0 Å². The van der Waals surface area contributed by atoms with Crippen LogP contribution < -0.4 is 5.32 Å². The number of carbonyl (C=O) groups is 1. The first-order chi connectivity index (χ1) is 13.7. The van der Waals surface area contributed by atoms with E-state index in [0.717, 1.165) is 18.5 Å². The number of aromatic nitrogens is 1. The Labute approximate surface area is 171 Å². The lowest BCUT2D eigenvalue weighted by Crippen LogP contribution is -2.30. The van der Waals surface area contributed by atoms with Crippen molar-refractivity contribution in [2.75, 3.05) is 39.4 Å². The molecule has 0 unspecified atom stereocenters. The maximum atomic E-state index is 12.8. The van der Waals surface area contributed by atoms with E-state index in [1.165, 1.54) is 19.6 Å². The van der Waals surface area contributed by atoms with Crippen LogP contribution >= 0.6 is 0 Å². The van der Waals surface area contributed by atoms with E-state index in [1.807, 2.05) is 0 Å². The van der Waals surface area contributed by atoms with Crippen LogP contribution in [0.1, 0.15) is 57.0 Å². The maximum Gasteiger partial charge on any atom is 0.417 e. The average Bonchev–Trinajstić information content (AvgIpc) is 2.69. The highest BCUT2D eigenvalue weighted by atomic mass is 19.4. The Morgan fingerprint density at radius 3 is 2.07 bits per heavy atom. The smallest absolute Gasteiger partial charge is 0.353 e. The highest BCUT2D eigenvalue weighted by molar-refractivity contribution is 5.95. The number of nitrogens with one attached hydrogen (secondary N) is 1. The van der Waals surface area contributed by atoms with Crippen molar-refractivity contribution in [1.29, 1.82) is 0 Å². The molecule has 0 fully saturated rings. The molecule has 0 aliphatic rings. The zero-order valence-corrected chi connectivity index (χ0v) is 18.0. The Hall–Kier alpha value is -1.71. The Bertz CT molecular complexity index is 556. The van der Waals surface area contributed by atoms with E-state index in [1.54, 1.807) is 13.8 Å². The molecule has 0 atom stereocenters. The summed E-state index contributed by atoms with van der Waals surface area (Å²) in [5, 5.41) is 2.42. The minimum absolute atomic E-state index is 0.135. The summed E-state index contributed by atoms with van der Waals surface area (Å²) in [6, 6.07) is 0.776. The van der Waals surface area contributed by atoms with Gasteiger partial charge in [-0.2, -0.15) is 13.2 Å². The molecule has 0 aromatic carbocycles. The SMILES string of the molecule is CCN(CC)CC.CCOC(CCNC(=O)c1cnccc1C(F)(F)F)OCC. The summed E-state index contributed by atoms with van der Waals surface area (Å²) in [7, 11) is 0. The number of carbonyl (C=O) groups excluding carboxylic acids is 1. The molecule has 6 nitrogen and oxygen atoms in total. The molecule has 0 bridgehead atoms. The van der Waals surface area contributed by atoms with Gasteiger partial charge in [0.1, 0.15) is 0 Å². The maximum absolute atomic E-state index is 12.8. The topological polar surface area (TPSA) is 63.7 Å². The van der Waals surface area contributed by atoms with Crippen LogP contribution in [0.5, 0.6) is 0 Å². The Balaban J connectivity index is 0.000000956. The Morgan fingerprint density at radius 2 is 1.66 bits per heavy atom. The summed E-state index contributed by atoms with van der Waals surface area (Å²) in [4.78, 5) is 17.8. The van der Waals surface area contributed by atoms with E-state index in [9.17, 15) is 18.0 Å². The molecule has 0 saturated carbocycles. The molecular weight excluding hydrogens is 387 g/mol. The second-order valence-electron chi connectivity index (χ2n) is 5.92. The van der Waals surface area contributed by atoms with Gasteiger partial charge in [-0.1, -0.05) is 20.8 Å². The highest BCUT2D eigenvalue weighted by Gasteiger charge is 2.35. The molecule has 0 saturated heterocycles. The lowest BCUT2D eigenvalue weighted by atomic mass is 10.1. The summed E-state index contributed by atoms with van der Waals surface area (Å²) in [6.45, 7) is 14.8. The summed E-state index contributed by atoms with van der Waals surface area (Å²) >= 11 is 0. The molecule has 168 valence electrons. The van der Waals surface area contributed by atoms with E-state index >= 15 is 0 Å². The fourth-order valence-electron chi connectivity index (χ4n) is 2.48. The first-order valence-corrected chi connectivity index (χ1v) is 9.99. The van der Waals surface area contributed by atoms with Crippen molar-refractivity contribution in [2.45, 2.75) is 53.5 Å². The zero-order chi connectivity index (χ0) is 22.3. The molecule has 9 heteroatoms. The van der Waals surface area contributed by atoms with Gasteiger partial charge in [0.15, 0.2) is 6.29 Å². The van der Waals surface area contributed by atoms with E-state index in [2.05, 4.69) is 36.0 Å². The molecule has 0 aliphatic heterocycles. The van der Waals surface area contributed by atoms with Crippen molar-refractivity contribution in [3.05, 3.63) is 29.6 Å². The van der Waals surface area contributed by atoms with E-state index < -0.39 is 29.5 Å². The largest absolute Gasteiger partial charge is 0.417 e. The van der Waals surface area contributed by atoms with Crippen molar-refractivity contribution in [3.8, 4) is 0 Å². The molecule has 1 rings (SSSR count). The number of rotatable bonds is 11. The first kappa shape index (κ1) is 27.3. The third-order valence-corrected chi connectivity index (χ3v) is 4.08. The van der Waals surface area contributed by atoms with Gasteiger partial charge in [0, 0.05) is 38.6 Å². The minimum Gasteiger partial charge on any atom is -0.353 e. The van der Waals surface area contributed by atoms with Gasteiger partial charge >= 0.3 is 6.18 Å². The normalized spacial score (nSPS) is 11.4. The van der Waals surface area contributed by atoms with E-state index in [0.29, 0.717) is 19.6 Å². The monoisotopic (exact) mass is 421 g/mol. The van der Waals surface area contributed by atoms with Crippen molar-refractivity contribution in [1.82, 2.24) is 15.2 Å². The second-order valence-corrected chi connectivity index (χ2v) is 5.92. The molecule has 0 spiro atoms. The highest BCUT2D eigenvalue weighted by Crippen LogP contribution is 2.31. The standard InChI is InChI=1S/C14H19F3N2O3.C6H15N/c1-3-21-12(22-4-2)6-8-19-13(20)10-9-18-7-5-11(10)14(15,16)17;1-4-7(5-2)6-3/h5,7,9,12H,3-4,6,8H2,1-2H3,(H,19,20);4-6H2,1-3H3. The minimum atomic E-state index is -4.60. The molecule has 1 N–H and O–H groups in total. The third kappa shape index (κ3) is 11.2. The van der Waals surface area contributed by atoms with Gasteiger partial charge in [-0.15, -0.1) is 0 Å². The summed E-state index contributed by atoms with van der Waals surface area (Å²) in [5.41, 5.74) is -1.51. The van der Waals surface area contributed by atoms with Crippen molar-refractivity contribution in [2.24, 2.45) is 0 Å². The van der Waals surface area contributed by atoms with E-state index in [-0.39, 0.29) is 6.54 Å². The molecule has 29 heavy (non-hydrogen) atoms. The quantitative estimate of drug-likeness (QED) is 0.548. The summed E-state index contributed by atoms with van der Waals surface area (Å²) in [6.07, 6.45) is -2.85. The fourth-order valence-corrected chi connectivity index (χ4v) is 2.48. The predicted octanol–water partition coefficient (Wildman–Crippen LogP) is 3.97. The molecule has 1 amide bonds. The summed E-state index contributed by atoms with van der Waals surface area (Å²) < 4.78 is 49.0.